The van der Waals surface area contributed by atoms with Gasteiger partial charge in [0.2, 0.25) is 5.91 Å². The molecule has 2 aromatic rings. The number of carbonyl (C=O) groups excluding carboxylic acids is 2. The molecule has 26 heavy (non-hydrogen) atoms. The summed E-state index contributed by atoms with van der Waals surface area (Å²) in [7, 11) is 0. The van der Waals surface area contributed by atoms with Crippen LogP contribution in [0.2, 0.25) is 0 Å². The van der Waals surface area contributed by atoms with Crippen molar-refractivity contribution in [2.45, 2.75) is 51.0 Å². The molecule has 3 N–H and O–H groups in total. The number of hydrogen-bond acceptors (Lipinski definition) is 4. The van der Waals surface area contributed by atoms with Crippen LogP contribution in [0, 0.1) is 0 Å². The van der Waals surface area contributed by atoms with Crippen molar-refractivity contribution in [2.75, 3.05) is 10.6 Å². The molecular formula is C19H22N4O2S. The molecular weight excluding hydrogens is 348 g/mol. The van der Waals surface area contributed by atoms with Crippen molar-refractivity contribution in [3.05, 3.63) is 40.4 Å². The van der Waals surface area contributed by atoms with Crippen LogP contribution in [-0.2, 0) is 11.2 Å². The van der Waals surface area contributed by atoms with Crippen LogP contribution in [0.25, 0.3) is 0 Å². The molecule has 136 valence electrons. The van der Waals surface area contributed by atoms with E-state index in [0.717, 1.165) is 28.9 Å². The van der Waals surface area contributed by atoms with E-state index in [2.05, 4.69) is 27.0 Å². The highest BCUT2D eigenvalue weighted by atomic mass is 32.1. The summed E-state index contributed by atoms with van der Waals surface area (Å²) in [5.74, 6) is 0.625. The first kappa shape index (κ1) is 17.0. The van der Waals surface area contributed by atoms with Gasteiger partial charge in [-0.3, -0.25) is 10.1 Å². The first-order valence-corrected chi connectivity index (χ1v) is 9.92. The van der Waals surface area contributed by atoms with E-state index in [9.17, 15) is 9.59 Å². The van der Waals surface area contributed by atoms with Crippen LogP contribution in [0.15, 0.2) is 23.6 Å². The van der Waals surface area contributed by atoms with Crippen LogP contribution in [0.5, 0.6) is 0 Å². The lowest BCUT2D eigenvalue weighted by Gasteiger charge is -2.23. The van der Waals surface area contributed by atoms with Crippen LogP contribution in [-0.4, -0.2) is 16.9 Å². The second-order valence-corrected chi connectivity index (χ2v) is 7.85. The van der Waals surface area contributed by atoms with E-state index in [-0.39, 0.29) is 18.0 Å². The number of hydrogen-bond donors (Lipinski definition) is 3. The summed E-state index contributed by atoms with van der Waals surface area (Å²) in [5, 5.41) is 11.4. The monoisotopic (exact) mass is 370 g/mol. The van der Waals surface area contributed by atoms with Crippen molar-refractivity contribution in [3.63, 3.8) is 0 Å². The predicted molar refractivity (Wildman–Crippen MR) is 103 cm³/mol. The number of rotatable bonds is 4. The van der Waals surface area contributed by atoms with Gasteiger partial charge in [-0.15, -0.1) is 11.3 Å². The molecule has 1 fully saturated rings. The highest BCUT2D eigenvalue weighted by molar-refractivity contribution is 7.13. The highest BCUT2D eigenvalue weighted by Crippen LogP contribution is 2.37. The van der Waals surface area contributed by atoms with E-state index < -0.39 is 0 Å². The molecule has 0 radical (unpaired) electrons. The number of nitrogens with one attached hydrogen (secondary N) is 3. The van der Waals surface area contributed by atoms with Gasteiger partial charge >= 0.3 is 6.03 Å². The Hall–Kier alpha value is -2.41. The molecule has 1 aromatic heterocycles. The Balaban J connectivity index is 1.36. The maximum atomic E-state index is 12.3. The molecule has 1 aromatic carbocycles. The van der Waals surface area contributed by atoms with Gasteiger partial charge in [0.1, 0.15) is 0 Å². The Bertz CT molecular complexity index is 844. The maximum Gasteiger partial charge on any atom is 0.321 e. The van der Waals surface area contributed by atoms with E-state index in [1.807, 2.05) is 24.4 Å². The van der Waals surface area contributed by atoms with Crippen LogP contribution in [0.1, 0.15) is 61.4 Å². The molecule has 1 atom stereocenters. The van der Waals surface area contributed by atoms with E-state index in [1.54, 1.807) is 0 Å². The van der Waals surface area contributed by atoms with E-state index >= 15 is 0 Å². The van der Waals surface area contributed by atoms with Gasteiger partial charge in [0.05, 0.1) is 11.7 Å². The second kappa shape index (κ2) is 7.07. The van der Waals surface area contributed by atoms with E-state index in [1.165, 1.54) is 30.6 Å². The Morgan fingerprint density at radius 1 is 1.35 bits per heavy atom. The summed E-state index contributed by atoms with van der Waals surface area (Å²) in [5.41, 5.74) is 4.10. The molecule has 2 aliphatic rings. The van der Waals surface area contributed by atoms with Crippen molar-refractivity contribution in [2.24, 2.45) is 0 Å². The number of benzene rings is 1. The average molecular weight is 370 g/mol. The van der Waals surface area contributed by atoms with Crippen LogP contribution in [0.3, 0.4) is 0 Å². The van der Waals surface area contributed by atoms with Crippen LogP contribution >= 0.6 is 11.3 Å². The normalized spacial score (nSPS) is 17.7. The average Bonchev–Trinajstić information content (AvgIpc) is 3.00. The van der Waals surface area contributed by atoms with Crippen LogP contribution in [0.4, 0.5) is 15.6 Å². The molecule has 1 saturated carbocycles. The lowest BCUT2D eigenvalue weighted by atomic mass is 9.83. The highest BCUT2D eigenvalue weighted by Gasteiger charge is 2.22. The second-order valence-electron chi connectivity index (χ2n) is 6.99. The first-order chi connectivity index (χ1) is 12.6. The fraction of sp³-hybridized carbons (Fsp3) is 0.421. The molecule has 0 bridgehead atoms. The molecule has 3 amide bonds. The van der Waals surface area contributed by atoms with Gasteiger partial charge in [-0.25, -0.2) is 9.78 Å². The molecule has 7 heteroatoms. The van der Waals surface area contributed by atoms with Gasteiger partial charge in [0.15, 0.2) is 5.13 Å². The van der Waals surface area contributed by atoms with E-state index in [0.29, 0.717) is 17.5 Å². The summed E-state index contributed by atoms with van der Waals surface area (Å²) < 4.78 is 0. The number of aryl methyl sites for hydroxylation is 1. The molecule has 1 aliphatic carbocycles. The Morgan fingerprint density at radius 2 is 2.19 bits per heavy atom. The topological polar surface area (TPSA) is 83.1 Å². The Labute approximate surface area is 156 Å². The van der Waals surface area contributed by atoms with Gasteiger partial charge in [0.25, 0.3) is 0 Å². The van der Waals surface area contributed by atoms with Gasteiger partial charge in [-0.2, -0.15) is 0 Å². The minimum Gasteiger partial charge on any atom is -0.331 e. The number of nitrogens with zero attached hydrogens (tertiary/aromatic N) is 1. The maximum absolute atomic E-state index is 12.3. The minimum atomic E-state index is -0.252. The Kier molecular flexibility index (Phi) is 4.63. The number of amides is 3. The van der Waals surface area contributed by atoms with E-state index in [4.69, 9.17) is 0 Å². The smallest absolute Gasteiger partial charge is 0.321 e. The number of fused-ring (bicyclic) bond motifs is 1. The van der Waals surface area contributed by atoms with Crippen LogP contribution < -0.4 is 16.0 Å². The standard InChI is InChI=1S/C19H22N4O2S/c1-11(13-5-7-15-14(9-13)6-8-17(24)21-15)20-18(25)23-19-22-16(10-26-19)12-3-2-4-12/h5,7,9-12H,2-4,6,8H2,1H3,(H,21,24)(H2,20,22,23,25). The molecule has 6 nitrogen and oxygen atoms in total. The third-order valence-electron chi connectivity index (χ3n) is 5.14. The third kappa shape index (κ3) is 3.58. The largest absolute Gasteiger partial charge is 0.331 e. The minimum absolute atomic E-state index is 0.0560. The molecule has 1 unspecified atom stereocenters. The summed E-state index contributed by atoms with van der Waals surface area (Å²) in [6.45, 7) is 1.95. The quantitative estimate of drug-likeness (QED) is 0.755. The van der Waals surface area contributed by atoms with Crippen molar-refractivity contribution in [1.82, 2.24) is 10.3 Å². The van der Waals surface area contributed by atoms with Crippen molar-refractivity contribution in [1.29, 1.82) is 0 Å². The van der Waals surface area contributed by atoms with Gasteiger partial charge in [-0.1, -0.05) is 18.6 Å². The zero-order chi connectivity index (χ0) is 18.1. The number of thiazole rings is 1. The van der Waals surface area contributed by atoms with Crippen molar-refractivity contribution >= 4 is 34.1 Å². The molecule has 4 rings (SSSR count). The van der Waals surface area contributed by atoms with Gasteiger partial charge < -0.3 is 10.6 Å². The van der Waals surface area contributed by atoms with Gasteiger partial charge in [-0.05, 0) is 43.4 Å². The molecule has 0 spiro atoms. The number of urea groups is 1. The zero-order valence-corrected chi connectivity index (χ0v) is 15.5. The fourth-order valence-corrected chi connectivity index (χ4v) is 4.11. The number of anilines is 2. The third-order valence-corrected chi connectivity index (χ3v) is 5.91. The number of carbonyl (C=O) groups is 2. The molecule has 0 saturated heterocycles. The molecule has 2 heterocycles. The predicted octanol–water partition coefficient (Wildman–Crippen LogP) is 4.18. The zero-order valence-electron chi connectivity index (χ0n) is 14.7. The summed E-state index contributed by atoms with van der Waals surface area (Å²) in [4.78, 5) is 28.3. The number of aromatic nitrogens is 1. The van der Waals surface area contributed by atoms with Gasteiger partial charge in [0, 0.05) is 23.4 Å². The first-order valence-electron chi connectivity index (χ1n) is 9.04. The Morgan fingerprint density at radius 3 is 2.96 bits per heavy atom. The summed E-state index contributed by atoms with van der Waals surface area (Å²) in [6.07, 6.45) is 4.91. The lowest BCUT2D eigenvalue weighted by Crippen LogP contribution is -2.31. The lowest BCUT2D eigenvalue weighted by molar-refractivity contribution is -0.116. The summed E-state index contributed by atoms with van der Waals surface area (Å²) in [6, 6.07) is 5.51. The van der Waals surface area contributed by atoms with Crippen molar-refractivity contribution < 1.29 is 9.59 Å². The SMILES string of the molecule is CC(NC(=O)Nc1nc(C2CCC2)cs1)c1ccc2c(c1)CCC(=O)N2. The molecule has 1 aliphatic heterocycles. The van der Waals surface area contributed by atoms with Crippen molar-refractivity contribution in [3.8, 4) is 0 Å². The summed E-state index contributed by atoms with van der Waals surface area (Å²) >= 11 is 1.47. The fourth-order valence-electron chi connectivity index (χ4n) is 3.32.